The van der Waals surface area contributed by atoms with Crippen LogP contribution in [0, 0.1) is 0 Å². The maximum Gasteiger partial charge on any atom is 0.472 e. The second kappa shape index (κ2) is 36.4. The summed E-state index contributed by atoms with van der Waals surface area (Å²) in [6.07, 6.45) is 43.7. The van der Waals surface area contributed by atoms with Crippen molar-refractivity contribution in [3.05, 3.63) is 36.5 Å². The summed E-state index contributed by atoms with van der Waals surface area (Å²) in [6, 6.07) is -0.864. The van der Waals surface area contributed by atoms with Crippen LogP contribution in [-0.2, 0) is 18.4 Å². The number of nitrogens with zero attached hydrogens (tertiary/aromatic N) is 1. The van der Waals surface area contributed by atoms with Crippen LogP contribution in [0.3, 0.4) is 0 Å². The van der Waals surface area contributed by atoms with Gasteiger partial charge in [0.2, 0.25) is 5.91 Å². The average molecular weight is 770 g/mol. The van der Waals surface area contributed by atoms with Crippen LogP contribution in [0.1, 0.15) is 187 Å². The number of hydrogen-bond acceptors (Lipinski definition) is 5. The first kappa shape index (κ1) is 51.7. The minimum atomic E-state index is -4.34. The van der Waals surface area contributed by atoms with Crippen molar-refractivity contribution in [2.24, 2.45) is 0 Å². The van der Waals surface area contributed by atoms with Gasteiger partial charge in [-0.25, -0.2) is 4.57 Å². The summed E-state index contributed by atoms with van der Waals surface area (Å²) in [4.78, 5) is 23.1. The van der Waals surface area contributed by atoms with Crippen LogP contribution in [0.2, 0.25) is 0 Å². The van der Waals surface area contributed by atoms with Crippen molar-refractivity contribution in [3.63, 3.8) is 0 Å². The smallest absolute Gasteiger partial charge is 0.387 e. The molecule has 0 bridgehead atoms. The summed E-state index contributed by atoms with van der Waals surface area (Å²) in [5, 5.41) is 13.7. The first-order chi connectivity index (χ1) is 25.5. The van der Waals surface area contributed by atoms with Gasteiger partial charge in [0.15, 0.2) is 0 Å². The highest BCUT2D eigenvalue weighted by Crippen LogP contribution is 2.43. The zero-order valence-electron chi connectivity index (χ0n) is 35.3. The fourth-order valence-electron chi connectivity index (χ4n) is 6.08. The van der Waals surface area contributed by atoms with Gasteiger partial charge in [0.1, 0.15) is 13.2 Å². The van der Waals surface area contributed by atoms with Crippen molar-refractivity contribution in [2.45, 2.75) is 199 Å². The van der Waals surface area contributed by atoms with Crippen LogP contribution in [0.15, 0.2) is 36.5 Å². The second-order valence-electron chi connectivity index (χ2n) is 16.1. The standard InChI is InChI=1S/C44H85N2O6P/c1-6-8-10-12-14-16-18-19-20-21-22-23-24-25-26-28-30-32-34-36-38-44(48)45-42(41-52-53(49,50)51-40-39-46(3,4)5)43(47)37-35-33-31-29-27-17-15-13-11-9-7-2/h11,13,27,29,35,37,42-43,47H,6-10,12,14-26,28,30-34,36,38-41H2,1-5H3,(H-,45,48,49,50)/p+1/b13-11+,29-27+,37-35+. The minimum absolute atomic E-state index is 0.0543. The first-order valence-corrected chi connectivity index (χ1v) is 23.4. The lowest BCUT2D eigenvalue weighted by atomic mass is 10.0. The van der Waals surface area contributed by atoms with E-state index < -0.39 is 20.0 Å². The Labute approximate surface area is 327 Å². The van der Waals surface area contributed by atoms with Crippen molar-refractivity contribution in [1.82, 2.24) is 5.32 Å². The molecule has 0 fully saturated rings. The molecule has 0 aromatic heterocycles. The molecule has 0 heterocycles. The number of aliphatic hydroxyl groups excluding tert-OH is 1. The number of amides is 1. The van der Waals surface area contributed by atoms with Gasteiger partial charge in [-0.2, -0.15) is 0 Å². The fourth-order valence-corrected chi connectivity index (χ4v) is 6.82. The van der Waals surface area contributed by atoms with Gasteiger partial charge in [-0.05, 0) is 38.5 Å². The molecule has 0 rings (SSSR count). The van der Waals surface area contributed by atoms with E-state index in [4.69, 9.17) is 9.05 Å². The Hall–Kier alpha value is -1.28. The third kappa shape index (κ3) is 38.8. The minimum Gasteiger partial charge on any atom is -0.387 e. The maximum absolute atomic E-state index is 12.8. The largest absolute Gasteiger partial charge is 0.472 e. The number of likely N-dealkylation sites (N-methyl/N-ethyl adjacent to an activating group) is 1. The first-order valence-electron chi connectivity index (χ1n) is 21.9. The Balaban J connectivity index is 4.34. The summed E-state index contributed by atoms with van der Waals surface area (Å²) in [6.45, 7) is 4.71. The molecule has 0 saturated heterocycles. The van der Waals surface area contributed by atoms with E-state index in [1.165, 1.54) is 116 Å². The molecule has 0 saturated carbocycles. The predicted octanol–water partition coefficient (Wildman–Crippen LogP) is 11.9. The number of phosphoric ester groups is 1. The fraction of sp³-hybridized carbons (Fsp3) is 0.841. The molecular formula is C44H86N2O6P+. The summed E-state index contributed by atoms with van der Waals surface area (Å²) < 4.78 is 23.5. The van der Waals surface area contributed by atoms with Gasteiger partial charge in [-0.15, -0.1) is 0 Å². The van der Waals surface area contributed by atoms with Crippen LogP contribution in [-0.4, -0.2) is 73.4 Å². The van der Waals surface area contributed by atoms with E-state index in [2.05, 4.69) is 43.5 Å². The van der Waals surface area contributed by atoms with Gasteiger partial charge < -0.3 is 19.8 Å². The number of phosphoric acid groups is 1. The lowest BCUT2D eigenvalue weighted by molar-refractivity contribution is -0.870. The number of nitrogens with one attached hydrogen (secondary N) is 1. The molecule has 0 spiro atoms. The van der Waals surface area contributed by atoms with E-state index >= 15 is 0 Å². The molecule has 1 amide bonds. The van der Waals surface area contributed by atoms with Crippen molar-refractivity contribution in [3.8, 4) is 0 Å². The molecule has 0 aromatic carbocycles. The molecule has 0 aliphatic rings. The SMILES string of the molecule is CCC/C=C/CC/C=C/CC/C=C/C(O)C(COP(=O)(O)OCC[N+](C)(C)C)NC(=O)CCCCCCCCCCCCCCCCCCCCCC. The van der Waals surface area contributed by atoms with Crippen molar-refractivity contribution < 1.29 is 32.9 Å². The molecule has 8 nitrogen and oxygen atoms in total. The highest BCUT2D eigenvalue weighted by atomic mass is 31.2. The molecule has 3 atom stereocenters. The molecule has 0 aromatic rings. The molecule has 312 valence electrons. The number of carbonyl (C=O) groups excluding carboxylic acids is 1. The average Bonchev–Trinajstić information content (AvgIpc) is 3.10. The highest BCUT2D eigenvalue weighted by Gasteiger charge is 2.27. The molecule has 0 aliphatic heterocycles. The number of quaternary nitrogens is 1. The molecule has 53 heavy (non-hydrogen) atoms. The Kier molecular flexibility index (Phi) is 35.5. The quantitative estimate of drug-likeness (QED) is 0.0249. The Morgan fingerprint density at radius 3 is 1.47 bits per heavy atom. The third-order valence-corrected chi connectivity index (χ3v) is 10.6. The van der Waals surface area contributed by atoms with Crippen molar-refractivity contribution in [2.75, 3.05) is 40.9 Å². The summed E-state index contributed by atoms with van der Waals surface area (Å²) >= 11 is 0. The van der Waals surface area contributed by atoms with E-state index in [0.717, 1.165) is 51.4 Å². The van der Waals surface area contributed by atoms with Crippen molar-refractivity contribution in [1.29, 1.82) is 0 Å². The number of rotatable bonds is 39. The maximum atomic E-state index is 12.8. The lowest BCUT2D eigenvalue weighted by Gasteiger charge is -2.25. The highest BCUT2D eigenvalue weighted by molar-refractivity contribution is 7.47. The van der Waals surface area contributed by atoms with E-state index in [-0.39, 0.29) is 19.1 Å². The summed E-state index contributed by atoms with van der Waals surface area (Å²) in [7, 11) is 1.55. The van der Waals surface area contributed by atoms with E-state index in [9.17, 15) is 19.4 Å². The van der Waals surface area contributed by atoms with E-state index in [0.29, 0.717) is 17.4 Å². The molecule has 0 aliphatic carbocycles. The predicted molar refractivity (Wildman–Crippen MR) is 226 cm³/mol. The van der Waals surface area contributed by atoms with Crippen LogP contribution < -0.4 is 5.32 Å². The number of carbonyl (C=O) groups is 1. The van der Waals surface area contributed by atoms with Gasteiger partial charge in [0.25, 0.3) is 0 Å². The Morgan fingerprint density at radius 1 is 0.623 bits per heavy atom. The van der Waals surface area contributed by atoms with Gasteiger partial charge in [0.05, 0.1) is 39.9 Å². The zero-order valence-corrected chi connectivity index (χ0v) is 36.1. The second-order valence-corrected chi connectivity index (χ2v) is 17.5. The molecule has 3 N–H and O–H groups in total. The Morgan fingerprint density at radius 2 is 1.04 bits per heavy atom. The van der Waals surface area contributed by atoms with Gasteiger partial charge in [-0.1, -0.05) is 179 Å². The third-order valence-electron chi connectivity index (χ3n) is 9.57. The number of aliphatic hydroxyl groups is 1. The summed E-state index contributed by atoms with van der Waals surface area (Å²) in [5.41, 5.74) is 0. The number of allylic oxidation sites excluding steroid dienone is 5. The van der Waals surface area contributed by atoms with Crippen LogP contribution in [0.4, 0.5) is 0 Å². The lowest BCUT2D eigenvalue weighted by Crippen LogP contribution is -2.45. The number of hydrogen-bond donors (Lipinski definition) is 3. The zero-order chi connectivity index (χ0) is 39.3. The monoisotopic (exact) mass is 770 g/mol. The van der Waals surface area contributed by atoms with Gasteiger partial charge in [0, 0.05) is 6.42 Å². The summed E-state index contributed by atoms with van der Waals surface area (Å²) in [5.74, 6) is -0.192. The normalized spacial score (nSPS) is 14.8. The molecule has 9 heteroatoms. The number of unbranched alkanes of at least 4 members (excludes halogenated alkanes) is 22. The van der Waals surface area contributed by atoms with Crippen LogP contribution >= 0.6 is 7.82 Å². The van der Waals surface area contributed by atoms with Crippen LogP contribution in [0.5, 0.6) is 0 Å². The Bertz CT molecular complexity index is 964. The molecule has 3 unspecified atom stereocenters. The van der Waals surface area contributed by atoms with Gasteiger partial charge in [-0.3, -0.25) is 13.8 Å². The molecular weight excluding hydrogens is 683 g/mol. The van der Waals surface area contributed by atoms with Crippen molar-refractivity contribution >= 4 is 13.7 Å². The van der Waals surface area contributed by atoms with E-state index in [1.54, 1.807) is 6.08 Å². The van der Waals surface area contributed by atoms with Crippen LogP contribution in [0.25, 0.3) is 0 Å². The van der Waals surface area contributed by atoms with Gasteiger partial charge >= 0.3 is 7.82 Å². The molecule has 0 radical (unpaired) electrons. The van der Waals surface area contributed by atoms with E-state index in [1.807, 2.05) is 27.2 Å². The topological polar surface area (TPSA) is 105 Å².